The number of nitrogens with two attached hydrogens (primary N) is 1. The zero-order chi connectivity index (χ0) is 14.8. The van der Waals surface area contributed by atoms with Gasteiger partial charge in [-0.1, -0.05) is 6.07 Å². The molecule has 0 amide bonds. The summed E-state index contributed by atoms with van der Waals surface area (Å²) in [7, 11) is 0. The van der Waals surface area contributed by atoms with Crippen LogP contribution in [0.3, 0.4) is 0 Å². The Morgan fingerprint density at radius 1 is 1.24 bits per heavy atom. The highest BCUT2D eigenvalue weighted by molar-refractivity contribution is 7.11. The van der Waals surface area contributed by atoms with Crippen LogP contribution >= 0.6 is 11.5 Å². The predicted molar refractivity (Wildman–Crippen MR) is 88.7 cm³/mol. The third kappa shape index (κ3) is 2.87. The van der Waals surface area contributed by atoms with Crippen LogP contribution in [0.1, 0.15) is 13.8 Å². The van der Waals surface area contributed by atoms with Crippen LogP contribution in [0.2, 0.25) is 0 Å². The van der Waals surface area contributed by atoms with Gasteiger partial charge in [-0.25, -0.2) is 0 Å². The highest BCUT2D eigenvalue weighted by Gasteiger charge is 2.24. The van der Waals surface area contributed by atoms with Gasteiger partial charge in [0.15, 0.2) is 0 Å². The summed E-state index contributed by atoms with van der Waals surface area (Å²) < 4.78 is 4.36. The summed E-state index contributed by atoms with van der Waals surface area (Å²) in [6.45, 7) is 8.72. The van der Waals surface area contributed by atoms with Gasteiger partial charge in [0, 0.05) is 50.2 Å². The molecule has 2 aromatic heterocycles. The van der Waals surface area contributed by atoms with Crippen molar-refractivity contribution in [2.75, 3.05) is 36.8 Å². The maximum absolute atomic E-state index is 6.09. The van der Waals surface area contributed by atoms with Crippen LogP contribution in [0.25, 0.3) is 11.1 Å². The van der Waals surface area contributed by atoms with E-state index in [0.29, 0.717) is 11.9 Å². The quantitative estimate of drug-likeness (QED) is 0.943. The first-order valence-corrected chi connectivity index (χ1v) is 8.08. The number of rotatable bonds is 3. The maximum atomic E-state index is 6.09. The third-order valence-electron chi connectivity index (χ3n) is 3.98. The Morgan fingerprint density at radius 2 is 2.00 bits per heavy atom. The molecule has 3 rings (SSSR count). The first-order chi connectivity index (χ1) is 10.2. The smallest absolute Gasteiger partial charge is 0.147 e. The molecule has 6 heteroatoms. The molecule has 0 spiro atoms. The van der Waals surface area contributed by atoms with Crippen molar-refractivity contribution >= 4 is 22.4 Å². The summed E-state index contributed by atoms with van der Waals surface area (Å²) in [5.41, 5.74) is 8.17. The second kappa shape index (κ2) is 5.99. The van der Waals surface area contributed by atoms with E-state index in [2.05, 4.69) is 33.0 Å². The van der Waals surface area contributed by atoms with Gasteiger partial charge in [-0.05, 0) is 31.4 Å². The van der Waals surface area contributed by atoms with Crippen molar-refractivity contribution in [3.05, 3.63) is 24.5 Å². The maximum Gasteiger partial charge on any atom is 0.147 e. The van der Waals surface area contributed by atoms with Gasteiger partial charge in [-0.15, -0.1) is 0 Å². The van der Waals surface area contributed by atoms with Gasteiger partial charge in [0.2, 0.25) is 0 Å². The average molecular weight is 303 g/mol. The number of hydrogen-bond acceptors (Lipinski definition) is 6. The zero-order valence-corrected chi connectivity index (χ0v) is 13.3. The van der Waals surface area contributed by atoms with Crippen molar-refractivity contribution in [2.24, 2.45) is 0 Å². The molecule has 1 aliphatic rings. The van der Waals surface area contributed by atoms with Crippen LogP contribution in [0.5, 0.6) is 0 Å². The Kier molecular flexibility index (Phi) is 4.07. The standard InChI is InChI=1S/C15H21N5S/c1-11(2)19-6-8-20(9-7-19)15-13(14(16)18-21-15)12-4-3-5-17-10-12/h3-5,10-11H,6-9H2,1-2H3,(H2,16,18). The van der Waals surface area contributed by atoms with E-state index in [1.54, 1.807) is 6.20 Å². The Bertz CT molecular complexity index is 587. The summed E-state index contributed by atoms with van der Waals surface area (Å²) >= 11 is 1.49. The molecule has 0 saturated carbocycles. The van der Waals surface area contributed by atoms with Crippen molar-refractivity contribution in [2.45, 2.75) is 19.9 Å². The van der Waals surface area contributed by atoms with E-state index < -0.39 is 0 Å². The lowest BCUT2D eigenvalue weighted by atomic mass is 10.1. The Hall–Kier alpha value is -1.66. The topological polar surface area (TPSA) is 58.3 Å². The second-order valence-corrected chi connectivity index (χ2v) is 6.36. The molecule has 0 aromatic carbocycles. The lowest BCUT2D eigenvalue weighted by Crippen LogP contribution is -2.48. The fraction of sp³-hybridized carbons (Fsp3) is 0.467. The third-order valence-corrected chi connectivity index (χ3v) is 4.91. The molecule has 3 heterocycles. The predicted octanol–water partition coefficient (Wildman–Crippen LogP) is 2.32. The molecule has 1 saturated heterocycles. The van der Waals surface area contributed by atoms with E-state index in [4.69, 9.17) is 5.73 Å². The van der Waals surface area contributed by atoms with Gasteiger partial charge in [0.1, 0.15) is 10.8 Å². The summed E-state index contributed by atoms with van der Waals surface area (Å²) in [4.78, 5) is 9.10. The lowest BCUT2D eigenvalue weighted by Gasteiger charge is -2.37. The molecule has 0 aliphatic carbocycles. The van der Waals surface area contributed by atoms with Crippen molar-refractivity contribution in [1.82, 2.24) is 14.3 Å². The van der Waals surface area contributed by atoms with Gasteiger partial charge >= 0.3 is 0 Å². The number of aromatic nitrogens is 2. The van der Waals surface area contributed by atoms with Crippen LogP contribution < -0.4 is 10.6 Å². The molecule has 0 radical (unpaired) electrons. The van der Waals surface area contributed by atoms with Gasteiger partial charge in [0.25, 0.3) is 0 Å². The van der Waals surface area contributed by atoms with E-state index >= 15 is 0 Å². The molecule has 1 aliphatic heterocycles. The molecule has 0 bridgehead atoms. The van der Waals surface area contributed by atoms with Crippen molar-refractivity contribution < 1.29 is 0 Å². The first kappa shape index (κ1) is 14.3. The summed E-state index contributed by atoms with van der Waals surface area (Å²) in [6, 6.07) is 4.59. The molecule has 2 aromatic rings. The molecular weight excluding hydrogens is 282 g/mol. The minimum atomic E-state index is 0.606. The molecular formula is C15H21N5S. The van der Waals surface area contributed by atoms with E-state index in [-0.39, 0.29) is 0 Å². The fourth-order valence-electron chi connectivity index (χ4n) is 2.73. The van der Waals surface area contributed by atoms with Crippen LogP contribution in [-0.4, -0.2) is 46.5 Å². The number of hydrogen-bond donors (Lipinski definition) is 1. The van der Waals surface area contributed by atoms with Gasteiger partial charge in [-0.3, -0.25) is 9.88 Å². The zero-order valence-electron chi connectivity index (χ0n) is 12.5. The average Bonchev–Trinajstić information content (AvgIpc) is 2.90. The summed E-state index contributed by atoms with van der Waals surface area (Å²) in [6.07, 6.45) is 3.63. The molecule has 112 valence electrons. The highest BCUT2D eigenvalue weighted by Crippen LogP contribution is 2.39. The van der Waals surface area contributed by atoms with Crippen molar-refractivity contribution in [1.29, 1.82) is 0 Å². The SMILES string of the molecule is CC(C)N1CCN(c2snc(N)c2-c2cccnc2)CC1. The van der Waals surface area contributed by atoms with E-state index in [0.717, 1.165) is 37.3 Å². The van der Waals surface area contributed by atoms with E-state index in [1.807, 2.05) is 18.3 Å². The Labute approximate surface area is 129 Å². The minimum Gasteiger partial charge on any atom is -0.382 e. The minimum absolute atomic E-state index is 0.606. The van der Waals surface area contributed by atoms with Crippen LogP contribution in [0, 0.1) is 0 Å². The summed E-state index contributed by atoms with van der Waals surface area (Å²) in [5, 5.41) is 1.17. The number of pyridine rings is 1. The first-order valence-electron chi connectivity index (χ1n) is 7.31. The van der Waals surface area contributed by atoms with Crippen LogP contribution in [-0.2, 0) is 0 Å². The number of anilines is 2. The van der Waals surface area contributed by atoms with Crippen molar-refractivity contribution in [3.63, 3.8) is 0 Å². The number of nitrogen functional groups attached to an aromatic ring is 1. The molecule has 1 fully saturated rings. The Morgan fingerprint density at radius 3 is 2.62 bits per heavy atom. The molecule has 5 nitrogen and oxygen atoms in total. The molecule has 0 unspecified atom stereocenters. The highest BCUT2D eigenvalue weighted by atomic mass is 32.1. The largest absolute Gasteiger partial charge is 0.382 e. The van der Waals surface area contributed by atoms with Crippen LogP contribution in [0.15, 0.2) is 24.5 Å². The van der Waals surface area contributed by atoms with E-state index in [1.165, 1.54) is 16.5 Å². The normalized spacial score (nSPS) is 16.6. The summed E-state index contributed by atoms with van der Waals surface area (Å²) in [5.74, 6) is 0.606. The van der Waals surface area contributed by atoms with Crippen molar-refractivity contribution in [3.8, 4) is 11.1 Å². The van der Waals surface area contributed by atoms with Crippen LogP contribution in [0.4, 0.5) is 10.8 Å². The molecule has 2 N–H and O–H groups in total. The fourth-order valence-corrected chi connectivity index (χ4v) is 3.62. The number of piperazine rings is 1. The Balaban J connectivity index is 1.85. The van der Waals surface area contributed by atoms with E-state index in [9.17, 15) is 0 Å². The monoisotopic (exact) mass is 303 g/mol. The van der Waals surface area contributed by atoms with Gasteiger partial charge < -0.3 is 10.6 Å². The van der Waals surface area contributed by atoms with Gasteiger partial charge in [-0.2, -0.15) is 4.37 Å². The van der Waals surface area contributed by atoms with Gasteiger partial charge in [0.05, 0.1) is 5.56 Å². The molecule has 21 heavy (non-hydrogen) atoms. The molecule has 0 atom stereocenters. The number of nitrogens with zero attached hydrogens (tertiary/aromatic N) is 4. The lowest BCUT2D eigenvalue weighted by molar-refractivity contribution is 0.210. The second-order valence-electron chi connectivity index (χ2n) is 5.61.